The van der Waals surface area contributed by atoms with Crippen molar-refractivity contribution in [3.05, 3.63) is 89.1 Å². The topological polar surface area (TPSA) is 61.6 Å². The van der Waals surface area contributed by atoms with E-state index in [9.17, 15) is 18.0 Å². The Bertz CT molecular complexity index is 1060. The molecule has 0 saturated carbocycles. The Morgan fingerprint density at radius 1 is 0.939 bits per heavy atom. The Labute approximate surface area is 190 Å². The van der Waals surface area contributed by atoms with Crippen LogP contribution in [0.2, 0.25) is 0 Å². The van der Waals surface area contributed by atoms with Gasteiger partial charge in [-0.3, -0.25) is 14.6 Å². The highest BCUT2D eigenvalue weighted by atomic mass is 19.4. The van der Waals surface area contributed by atoms with Crippen molar-refractivity contribution in [1.29, 1.82) is 0 Å². The molecule has 1 N–H and O–H groups in total. The first-order valence-corrected chi connectivity index (χ1v) is 10.7. The summed E-state index contributed by atoms with van der Waals surface area (Å²) in [5.41, 5.74) is 1.01. The van der Waals surface area contributed by atoms with Gasteiger partial charge < -0.3 is 9.73 Å². The number of halogens is 3. The summed E-state index contributed by atoms with van der Waals surface area (Å²) in [6.45, 7) is 4.98. The van der Waals surface area contributed by atoms with Gasteiger partial charge in [0.1, 0.15) is 6.26 Å². The summed E-state index contributed by atoms with van der Waals surface area (Å²) in [6, 6.07) is 15.2. The minimum Gasteiger partial charge on any atom is -0.447 e. The Morgan fingerprint density at radius 2 is 1.61 bits per heavy atom. The molecule has 1 aliphatic rings. The maximum Gasteiger partial charge on any atom is 0.416 e. The number of nitrogens with zero attached hydrogens (tertiary/aromatic N) is 3. The summed E-state index contributed by atoms with van der Waals surface area (Å²) in [7, 11) is 0. The Morgan fingerprint density at radius 3 is 2.30 bits per heavy atom. The van der Waals surface area contributed by atoms with Gasteiger partial charge in [0.2, 0.25) is 5.89 Å². The van der Waals surface area contributed by atoms with E-state index in [1.807, 2.05) is 18.2 Å². The van der Waals surface area contributed by atoms with Crippen molar-refractivity contribution >= 4 is 5.91 Å². The predicted octanol–water partition coefficient (Wildman–Crippen LogP) is 3.94. The van der Waals surface area contributed by atoms with E-state index in [2.05, 4.69) is 32.2 Å². The maximum absolute atomic E-state index is 12.8. The quantitative estimate of drug-likeness (QED) is 0.581. The summed E-state index contributed by atoms with van der Waals surface area (Å²) >= 11 is 0. The van der Waals surface area contributed by atoms with Crippen LogP contribution >= 0.6 is 0 Å². The van der Waals surface area contributed by atoms with Crippen molar-refractivity contribution in [3.63, 3.8) is 0 Å². The summed E-state index contributed by atoms with van der Waals surface area (Å²) in [5, 5.41) is 2.59. The first-order chi connectivity index (χ1) is 15.9. The summed E-state index contributed by atoms with van der Waals surface area (Å²) in [5.74, 6) is -0.0502. The molecule has 1 fully saturated rings. The van der Waals surface area contributed by atoms with Crippen molar-refractivity contribution in [3.8, 4) is 0 Å². The molecule has 1 amide bonds. The number of rotatable bonds is 7. The number of piperazine rings is 1. The number of alkyl halides is 3. The molecule has 0 bridgehead atoms. The minimum atomic E-state index is -4.42. The van der Waals surface area contributed by atoms with Crippen LogP contribution in [0.1, 0.15) is 33.1 Å². The van der Waals surface area contributed by atoms with E-state index < -0.39 is 17.6 Å². The summed E-state index contributed by atoms with van der Waals surface area (Å²) < 4.78 is 43.9. The minimum absolute atomic E-state index is 0.0334. The molecule has 1 aromatic heterocycles. The number of amides is 1. The molecular formula is C24H25F3N4O2. The van der Waals surface area contributed by atoms with Crippen LogP contribution in [0.15, 0.2) is 65.3 Å². The third kappa shape index (κ3) is 6.43. The normalized spacial score (nSPS) is 15.5. The molecule has 174 valence electrons. The Hall–Kier alpha value is -3.17. The van der Waals surface area contributed by atoms with E-state index >= 15 is 0 Å². The third-order valence-corrected chi connectivity index (χ3v) is 5.56. The smallest absolute Gasteiger partial charge is 0.416 e. The van der Waals surface area contributed by atoms with Gasteiger partial charge in [0.25, 0.3) is 5.91 Å². The molecule has 0 radical (unpaired) electrons. The third-order valence-electron chi connectivity index (χ3n) is 5.56. The fourth-order valence-electron chi connectivity index (χ4n) is 3.76. The molecule has 4 rings (SSSR count). The second-order valence-electron chi connectivity index (χ2n) is 8.05. The van der Waals surface area contributed by atoms with E-state index in [1.165, 1.54) is 24.0 Å². The Balaban J connectivity index is 1.24. The van der Waals surface area contributed by atoms with E-state index in [4.69, 9.17) is 4.42 Å². The van der Waals surface area contributed by atoms with Crippen molar-refractivity contribution in [2.45, 2.75) is 25.8 Å². The molecule has 0 unspecified atom stereocenters. The van der Waals surface area contributed by atoms with Crippen molar-refractivity contribution in [2.24, 2.45) is 0 Å². The fraction of sp³-hybridized carbons (Fsp3) is 0.333. The summed E-state index contributed by atoms with van der Waals surface area (Å²) in [4.78, 5) is 21.2. The van der Waals surface area contributed by atoms with Gasteiger partial charge in [0.05, 0.1) is 12.1 Å². The van der Waals surface area contributed by atoms with Crippen molar-refractivity contribution < 1.29 is 22.4 Å². The van der Waals surface area contributed by atoms with Crippen LogP contribution in [-0.4, -0.2) is 46.9 Å². The lowest BCUT2D eigenvalue weighted by Gasteiger charge is -2.34. The summed E-state index contributed by atoms with van der Waals surface area (Å²) in [6.07, 6.45) is -3.14. The van der Waals surface area contributed by atoms with Crippen LogP contribution in [0.25, 0.3) is 0 Å². The second-order valence-corrected chi connectivity index (χ2v) is 8.05. The van der Waals surface area contributed by atoms with Crippen LogP contribution < -0.4 is 5.32 Å². The molecule has 6 nitrogen and oxygen atoms in total. The highest BCUT2D eigenvalue weighted by Crippen LogP contribution is 2.29. The standard InChI is InChI=1S/C24H25F3N4O2/c25-24(26,27)20-8-4-7-19(13-20)14-28-23(32)21-17-33-22(29-21)16-31-11-9-30(10-12-31)15-18-5-2-1-3-6-18/h1-8,13,17H,9-12,14-16H2,(H,28,32). The zero-order valence-electron chi connectivity index (χ0n) is 18.0. The van der Waals surface area contributed by atoms with Gasteiger partial charge in [0, 0.05) is 39.3 Å². The second kappa shape index (κ2) is 10.2. The molecule has 1 aliphatic heterocycles. The van der Waals surface area contributed by atoms with Gasteiger partial charge in [-0.2, -0.15) is 13.2 Å². The molecule has 1 saturated heterocycles. The number of carbonyl (C=O) groups is 1. The van der Waals surface area contributed by atoms with Crippen LogP contribution in [0.4, 0.5) is 13.2 Å². The molecule has 0 spiro atoms. The zero-order valence-corrected chi connectivity index (χ0v) is 18.0. The Kier molecular flexibility index (Phi) is 7.10. The average Bonchev–Trinajstić information content (AvgIpc) is 3.28. The highest BCUT2D eigenvalue weighted by Gasteiger charge is 2.30. The zero-order chi connectivity index (χ0) is 23.3. The van der Waals surface area contributed by atoms with E-state index in [-0.39, 0.29) is 12.2 Å². The van der Waals surface area contributed by atoms with Crippen LogP contribution in [0, 0.1) is 0 Å². The maximum atomic E-state index is 12.8. The largest absolute Gasteiger partial charge is 0.447 e. The molecule has 0 atom stereocenters. The number of benzene rings is 2. The van der Waals surface area contributed by atoms with Gasteiger partial charge in [-0.15, -0.1) is 0 Å². The fourth-order valence-corrected chi connectivity index (χ4v) is 3.76. The number of oxazole rings is 1. The molecule has 33 heavy (non-hydrogen) atoms. The lowest BCUT2D eigenvalue weighted by atomic mass is 10.1. The van der Waals surface area contributed by atoms with E-state index in [0.717, 1.165) is 44.9 Å². The number of hydrogen-bond acceptors (Lipinski definition) is 5. The number of carbonyl (C=O) groups excluding carboxylic acids is 1. The lowest BCUT2D eigenvalue weighted by molar-refractivity contribution is -0.137. The molecule has 2 heterocycles. The van der Waals surface area contributed by atoms with Crippen LogP contribution in [-0.2, 0) is 25.8 Å². The molecule has 3 aromatic rings. The molecule has 0 aliphatic carbocycles. The molecular weight excluding hydrogens is 433 g/mol. The van der Waals surface area contributed by atoms with Gasteiger partial charge >= 0.3 is 6.18 Å². The number of hydrogen-bond donors (Lipinski definition) is 1. The first kappa shape index (κ1) is 23.0. The van der Waals surface area contributed by atoms with Crippen LogP contribution in [0.3, 0.4) is 0 Å². The monoisotopic (exact) mass is 458 g/mol. The predicted molar refractivity (Wildman–Crippen MR) is 116 cm³/mol. The molecule has 2 aromatic carbocycles. The first-order valence-electron chi connectivity index (χ1n) is 10.7. The number of aromatic nitrogens is 1. The number of nitrogens with one attached hydrogen (secondary N) is 1. The van der Waals surface area contributed by atoms with Crippen molar-refractivity contribution in [2.75, 3.05) is 26.2 Å². The van der Waals surface area contributed by atoms with Gasteiger partial charge in [-0.25, -0.2) is 4.98 Å². The van der Waals surface area contributed by atoms with E-state index in [1.54, 1.807) is 0 Å². The lowest BCUT2D eigenvalue weighted by Crippen LogP contribution is -2.45. The van der Waals surface area contributed by atoms with E-state index in [0.29, 0.717) is 18.0 Å². The van der Waals surface area contributed by atoms with Gasteiger partial charge in [-0.05, 0) is 23.3 Å². The SMILES string of the molecule is O=C(NCc1cccc(C(F)(F)F)c1)c1coc(CN2CCN(Cc3ccccc3)CC2)n1. The average molecular weight is 458 g/mol. The van der Waals surface area contributed by atoms with Crippen molar-refractivity contribution in [1.82, 2.24) is 20.1 Å². The molecule has 9 heteroatoms. The van der Waals surface area contributed by atoms with Gasteiger partial charge in [0.15, 0.2) is 5.69 Å². The van der Waals surface area contributed by atoms with Gasteiger partial charge in [-0.1, -0.05) is 42.5 Å². The highest BCUT2D eigenvalue weighted by molar-refractivity contribution is 5.91. The van der Waals surface area contributed by atoms with Crippen LogP contribution in [0.5, 0.6) is 0 Å².